The molecule has 2 aromatic rings. The van der Waals surface area contributed by atoms with Crippen LogP contribution in [0.25, 0.3) is 0 Å². The molecule has 1 saturated heterocycles. The molecule has 0 aliphatic carbocycles. The van der Waals surface area contributed by atoms with Crippen molar-refractivity contribution in [1.29, 1.82) is 5.26 Å². The molecule has 0 radical (unpaired) electrons. The van der Waals surface area contributed by atoms with E-state index in [2.05, 4.69) is 39.4 Å². The molecule has 1 aliphatic heterocycles. The van der Waals surface area contributed by atoms with Gasteiger partial charge in [0.2, 0.25) is 0 Å². The number of anilines is 1. The first-order valence-corrected chi connectivity index (χ1v) is 7.05. The van der Waals surface area contributed by atoms with Gasteiger partial charge in [0.05, 0.1) is 17.3 Å². The van der Waals surface area contributed by atoms with Gasteiger partial charge in [-0.3, -0.25) is 0 Å². The number of hydrogen-bond acceptors (Lipinski definition) is 4. The van der Waals surface area contributed by atoms with Gasteiger partial charge in [-0.1, -0.05) is 13.8 Å². The lowest BCUT2D eigenvalue weighted by Gasteiger charge is -2.54. The molecular formula is C16H19N5. The molecule has 21 heavy (non-hydrogen) atoms. The average Bonchev–Trinajstić information content (AvgIpc) is 2.82. The molecule has 108 valence electrons. The Labute approximate surface area is 124 Å². The number of pyridine rings is 1. The van der Waals surface area contributed by atoms with E-state index in [1.165, 1.54) is 0 Å². The van der Waals surface area contributed by atoms with Crippen molar-refractivity contribution in [3.63, 3.8) is 0 Å². The zero-order chi connectivity index (χ0) is 15.2. The van der Waals surface area contributed by atoms with Gasteiger partial charge in [0, 0.05) is 31.4 Å². The zero-order valence-electron chi connectivity index (χ0n) is 12.8. The second-order valence-electron chi connectivity index (χ2n) is 6.33. The van der Waals surface area contributed by atoms with Gasteiger partial charge < -0.3 is 9.47 Å². The molecule has 1 unspecified atom stereocenters. The van der Waals surface area contributed by atoms with E-state index in [0.29, 0.717) is 5.56 Å². The summed E-state index contributed by atoms with van der Waals surface area (Å²) >= 11 is 0. The highest BCUT2D eigenvalue weighted by molar-refractivity contribution is 5.50. The molecule has 0 amide bonds. The van der Waals surface area contributed by atoms with Gasteiger partial charge >= 0.3 is 0 Å². The number of imidazole rings is 1. The second kappa shape index (κ2) is 4.59. The molecule has 5 nitrogen and oxygen atoms in total. The largest absolute Gasteiger partial charge is 0.345 e. The van der Waals surface area contributed by atoms with Crippen molar-refractivity contribution in [1.82, 2.24) is 14.5 Å². The number of nitrogens with zero attached hydrogens (tertiary/aromatic N) is 5. The standard InChI is InChI=1S/C16H19N5/c1-11-12(9-17)5-6-13(19-11)21-10-16(2,3)14(21)15-18-7-8-20(15)4/h5-8,14H,10H2,1-4H3. The molecule has 1 aliphatic rings. The van der Waals surface area contributed by atoms with Crippen molar-refractivity contribution in [3.05, 3.63) is 41.6 Å². The second-order valence-corrected chi connectivity index (χ2v) is 6.33. The predicted molar refractivity (Wildman–Crippen MR) is 80.8 cm³/mol. The van der Waals surface area contributed by atoms with Crippen LogP contribution in [-0.4, -0.2) is 21.1 Å². The van der Waals surface area contributed by atoms with Crippen molar-refractivity contribution in [2.24, 2.45) is 12.5 Å². The van der Waals surface area contributed by atoms with Crippen LogP contribution < -0.4 is 4.90 Å². The topological polar surface area (TPSA) is 57.7 Å². The molecule has 2 aromatic heterocycles. The van der Waals surface area contributed by atoms with Gasteiger partial charge in [-0.25, -0.2) is 9.97 Å². The SMILES string of the molecule is Cc1nc(N2CC(C)(C)C2c2nccn2C)ccc1C#N. The molecule has 3 rings (SSSR count). The van der Waals surface area contributed by atoms with Crippen molar-refractivity contribution in [3.8, 4) is 6.07 Å². The first-order valence-electron chi connectivity index (χ1n) is 7.05. The number of aryl methyl sites for hydroxylation is 2. The van der Waals surface area contributed by atoms with Crippen molar-refractivity contribution >= 4 is 5.82 Å². The molecule has 0 spiro atoms. The Balaban J connectivity index is 1.98. The molecule has 0 aromatic carbocycles. The Morgan fingerprint density at radius 1 is 1.38 bits per heavy atom. The van der Waals surface area contributed by atoms with E-state index in [1.54, 1.807) is 0 Å². The minimum atomic E-state index is 0.155. The number of hydrogen-bond donors (Lipinski definition) is 0. The summed E-state index contributed by atoms with van der Waals surface area (Å²) in [5.74, 6) is 1.97. The van der Waals surface area contributed by atoms with Crippen molar-refractivity contribution in [2.45, 2.75) is 26.8 Å². The van der Waals surface area contributed by atoms with Crippen LogP contribution in [0.4, 0.5) is 5.82 Å². The number of aromatic nitrogens is 3. The van der Waals surface area contributed by atoms with Crippen LogP contribution in [0.1, 0.15) is 37.0 Å². The fourth-order valence-corrected chi connectivity index (χ4v) is 3.09. The van der Waals surface area contributed by atoms with E-state index < -0.39 is 0 Å². The summed E-state index contributed by atoms with van der Waals surface area (Å²) < 4.78 is 2.06. The Bertz CT molecular complexity index is 723. The minimum absolute atomic E-state index is 0.155. The Hall–Kier alpha value is -2.35. The number of nitriles is 1. The lowest BCUT2D eigenvalue weighted by atomic mass is 9.74. The lowest BCUT2D eigenvalue weighted by Crippen LogP contribution is -2.57. The predicted octanol–water partition coefficient (Wildman–Crippen LogP) is 2.58. The van der Waals surface area contributed by atoms with Gasteiger partial charge in [-0.05, 0) is 19.1 Å². The fraction of sp³-hybridized carbons (Fsp3) is 0.438. The van der Waals surface area contributed by atoms with Gasteiger partial charge in [-0.15, -0.1) is 0 Å². The smallest absolute Gasteiger partial charge is 0.131 e. The van der Waals surface area contributed by atoms with Crippen LogP contribution >= 0.6 is 0 Å². The van der Waals surface area contributed by atoms with Crippen LogP contribution in [0, 0.1) is 23.7 Å². The highest BCUT2D eigenvalue weighted by Gasteiger charge is 2.49. The highest BCUT2D eigenvalue weighted by atomic mass is 15.3. The van der Waals surface area contributed by atoms with E-state index in [-0.39, 0.29) is 11.5 Å². The molecule has 3 heterocycles. The maximum absolute atomic E-state index is 9.02. The Morgan fingerprint density at radius 3 is 2.67 bits per heavy atom. The van der Waals surface area contributed by atoms with E-state index >= 15 is 0 Å². The zero-order valence-corrected chi connectivity index (χ0v) is 12.8. The van der Waals surface area contributed by atoms with Crippen molar-refractivity contribution < 1.29 is 0 Å². The summed E-state index contributed by atoms with van der Waals surface area (Å²) in [5.41, 5.74) is 1.56. The van der Waals surface area contributed by atoms with E-state index in [4.69, 9.17) is 5.26 Å². The summed E-state index contributed by atoms with van der Waals surface area (Å²) in [6.07, 6.45) is 3.80. The maximum Gasteiger partial charge on any atom is 0.131 e. The normalized spacial score (nSPS) is 20.0. The molecule has 0 saturated carbocycles. The third-order valence-corrected chi connectivity index (χ3v) is 4.22. The minimum Gasteiger partial charge on any atom is -0.345 e. The van der Waals surface area contributed by atoms with Crippen LogP contribution in [0.3, 0.4) is 0 Å². The highest BCUT2D eigenvalue weighted by Crippen LogP contribution is 2.49. The van der Waals surface area contributed by atoms with Gasteiger partial charge in [0.1, 0.15) is 17.7 Å². The van der Waals surface area contributed by atoms with Crippen molar-refractivity contribution in [2.75, 3.05) is 11.4 Å². The average molecular weight is 281 g/mol. The summed E-state index contributed by atoms with van der Waals surface area (Å²) in [6.45, 7) is 7.31. The molecule has 1 atom stereocenters. The van der Waals surface area contributed by atoms with Gasteiger partial charge in [0.25, 0.3) is 0 Å². The van der Waals surface area contributed by atoms with Crippen LogP contribution in [0.2, 0.25) is 0 Å². The Kier molecular flexibility index (Phi) is 2.98. The summed E-state index contributed by atoms with van der Waals surface area (Å²) in [6, 6.07) is 6.14. The molecular weight excluding hydrogens is 262 g/mol. The van der Waals surface area contributed by atoms with E-state index in [1.807, 2.05) is 38.5 Å². The first kappa shape index (κ1) is 13.6. The fourth-order valence-electron chi connectivity index (χ4n) is 3.09. The van der Waals surface area contributed by atoms with E-state index in [0.717, 1.165) is 23.9 Å². The summed E-state index contributed by atoms with van der Waals surface area (Å²) in [4.78, 5) is 11.4. The third-order valence-electron chi connectivity index (χ3n) is 4.22. The monoisotopic (exact) mass is 281 g/mol. The quantitative estimate of drug-likeness (QED) is 0.849. The Morgan fingerprint density at radius 2 is 2.14 bits per heavy atom. The van der Waals surface area contributed by atoms with Gasteiger partial charge in [-0.2, -0.15) is 5.26 Å². The third kappa shape index (κ3) is 2.07. The maximum atomic E-state index is 9.02. The molecule has 0 bridgehead atoms. The number of rotatable bonds is 2. The summed E-state index contributed by atoms with van der Waals surface area (Å²) in [7, 11) is 2.02. The van der Waals surface area contributed by atoms with Gasteiger partial charge in [0.15, 0.2) is 0 Å². The van der Waals surface area contributed by atoms with Crippen LogP contribution in [-0.2, 0) is 7.05 Å². The summed E-state index contributed by atoms with van der Waals surface area (Å²) in [5, 5.41) is 9.02. The lowest BCUT2D eigenvalue weighted by molar-refractivity contribution is 0.167. The molecule has 5 heteroatoms. The van der Waals surface area contributed by atoms with E-state index in [9.17, 15) is 0 Å². The van der Waals surface area contributed by atoms with Crippen LogP contribution in [0.5, 0.6) is 0 Å². The first-order chi connectivity index (χ1) is 9.94. The molecule has 0 N–H and O–H groups in total. The molecule has 1 fully saturated rings. The van der Waals surface area contributed by atoms with Crippen LogP contribution in [0.15, 0.2) is 24.5 Å².